The highest BCUT2D eigenvalue weighted by Crippen LogP contribution is 2.62. The lowest BCUT2D eigenvalue weighted by Crippen LogP contribution is -2.79. The molecule has 0 aromatic rings. The highest BCUT2D eigenvalue weighted by Gasteiger charge is 2.78. The second-order valence-corrected chi connectivity index (χ2v) is 34.5. The molecule has 2 nitrogen and oxygen atoms in total. The van der Waals surface area contributed by atoms with E-state index in [2.05, 4.69) is 79.7 Å². The van der Waals surface area contributed by atoms with E-state index >= 15 is 8.22 Å². The summed E-state index contributed by atoms with van der Waals surface area (Å²) < 4.78 is 34.9. The van der Waals surface area contributed by atoms with E-state index in [4.69, 9.17) is 5.10 Å². The van der Waals surface area contributed by atoms with Crippen LogP contribution in [-0.2, 0) is 0 Å². The van der Waals surface area contributed by atoms with Gasteiger partial charge in [-0.15, -0.1) is 0 Å². The van der Waals surface area contributed by atoms with Crippen LogP contribution in [0.4, 0.5) is 8.22 Å². The lowest BCUT2D eigenvalue weighted by atomic mass is 9.91. The fourth-order valence-corrected chi connectivity index (χ4v) is 46.0. The third-order valence-corrected chi connectivity index (χ3v) is 38.0. The Morgan fingerprint density at radius 2 is 0.964 bits per heavy atom. The molecule has 168 valence electrons. The van der Waals surface area contributed by atoms with E-state index in [1.807, 2.05) is 27.7 Å². The van der Waals surface area contributed by atoms with Crippen molar-refractivity contribution in [3.8, 4) is 0 Å². The molecule has 0 fully saturated rings. The fourth-order valence-electron chi connectivity index (χ4n) is 5.82. The Morgan fingerprint density at radius 1 is 0.679 bits per heavy atom. The van der Waals surface area contributed by atoms with Gasteiger partial charge in [0.2, 0.25) is 0 Å². The van der Waals surface area contributed by atoms with Crippen LogP contribution in [0.1, 0.15) is 48.5 Å². The molecule has 0 saturated carbocycles. The van der Waals surface area contributed by atoms with E-state index in [1.54, 1.807) is 0 Å². The molecule has 0 aromatic heterocycles. The van der Waals surface area contributed by atoms with Crippen LogP contribution in [0.15, 0.2) is 5.10 Å². The molecule has 0 saturated heterocycles. The summed E-state index contributed by atoms with van der Waals surface area (Å²) in [5.41, 5.74) is -0.161. The number of halogens is 2. The molecule has 0 amide bonds. The van der Waals surface area contributed by atoms with Gasteiger partial charge in [-0.25, -0.2) is 8.22 Å². The normalized spacial score (nSPS) is 16.4. The molecule has 0 bridgehead atoms. The van der Waals surface area contributed by atoms with E-state index in [1.165, 1.54) is 4.67 Å². The lowest BCUT2D eigenvalue weighted by Gasteiger charge is -2.62. The maximum absolute atomic E-state index is 17.2. The summed E-state index contributed by atoms with van der Waals surface area (Å²) in [5.74, 6) is 0. The molecule has 0 radical (unpaired) electrons. The Bertz CT molecular complexity index is 548. The number of hydrazone groups is 1. The van der Waals surface area contributed by atoms with Crippen molar-refractivity contribution in [2.45, 2.75) is 117 Å². The zero-order valence-corrected chi connectivity index (χ0v) is 25.7. The number of nitrogens with zero attached hydrogens (tertiary/aromatic N) is 2. The van der Waals surface area contributed by atoms with Gasteiger partial charge in [-0.1, -0.05) is 79.7 Å². The van der Waals surface area contributed by atoms with Crippen LogP contribution in [0, 0.1) is 5.41 Å². The van der Waals surface area contributed by atoms with Crippen molar-refractivity contribution in [3.63, 3.8) is 0 Å². The van der Waals surface area contributed by atoms with Gasteiger partial charge in [0.25, 0.3) is 0 Å². The van der Waals surface area contributed by atoms with Crippen molar-refractivity contribution < 1.29 is 8.22 Å². The topological polar surface area (TPSA) is 15.6 Å². The Kier molecular flexibility index (Phi) is 7.77. The van der Waals surface area contributed by atoms with Crippen LogP contribution < -0.4 is 0 Å². The lowest BCUT2D eigenvalue weighted by molar-refractivity contribution is 0.197. The van der Waals surface area contributed by atoms with Crippen LogP contribution in [0.2, 0.25) is 62.8 Å². The molecular weight excluding hydrogens is 419 g/mol. The molecule has 0 rings (SSSR count). The van der Waals surface area contributed by atoms with E-state index in [0.29, 0.717) is 0 Å². The van der Waals surface area contributed by atoms with Crippen molar-refractivity contribution >= 4 is 38.8 Å². The second kappa shape index (κ2) is 7.71. The maximum Gasteiger partial charge on any atom is 0.551 e. The molecular formula is C20H48F2N2Si4. The first-order valence-corrected chi connectivity index (χ1v) is 22.7. The van der Waals surface area contributed by atoms with Crippen molar-refractivity contribution in [2.75, 3.05) is 0 Å². The van der Waals surface area contributed by atoms with Crippen molar-refractivity contribution in [1.82, 2.24) is 4.67 Å². The molecule has 0 N–H and O–H groups in total. The van der Waals surface area contributed by atoms with Crippen molar-refractivity contribution in [3.05, 3.63) is 0 Å². The minimum Gasteiger partial charge on any atom is -0.264 e. The Labute approximate surface area is 179 Å². The summed E-state index contributed by atoms with van der Waals surface area (Å²) in [6, 6.07) is 0. The van der Waals surface area contributed by atoms with Crippen LogP contribution in [0.3, 0.4) is 0 Å². The van der Waals surface area contributed by atoms with E-state index in [9.17, 15) is 0 Å². The van der Waals surface area contributed by atoms with Gasteiger partial charge in [0.1, 0.15) is 0 Å². The predicted octanol–water partition coefficient (Wildman–Crippen LogP) is 7.76. The van der Waals surface area contributed by atoms with E-state index < -0.39 is 42.6 Å². The fraction of sp³-hybridized carbons (Fsp3) is 0.950. The van der Waals surface area contributed by atoms with Gasteiger partial charge in [-0.05, 0) is 27.7 Å². The highest BCUT2D eigenvalue weighted by molar-refractivity contribution is 7.27. The molecule has 0 heterocycles. The standard InChI is InChI=1S/C20H48F2N2Si4/c1-17(18(2,3)4)23-24(19(5,6)7)28(21,22)20(25(8,9)10,26(11,12)13)27(14,15)16/h1-16H3/b23-17+. The van der Waals surface area contributed by atoms with Crippen molar-refractivity contribution in [1.29, 1.82) is 0 Å². The van der Waals surface area contributed by atoms with Crippen LogP contribution in [0.25, 0.3) is 0 Å². The molecule has 8 heteroatoms. The Hall–Kier alpha value is 0.198. The van der Waals surface area contributed by atoms with Gasteiger partial charge >= 0.3 is 8.90 Å². The third-order valence-electron chi connectivity index (χ3n) is 6.06. The Morgan fingerprint density at radius 3 is 1.14 bits per heavy atom. The average molecular weight is 467 g/mol. The third kappa shape index (κ3) is 4.91. The summed E-state index contributed by atoms with van der Waals surface area (Å²) in [7, 11) is -11.7. The number of rotatable bonds is 6. The summed E-state index contributed by atoms with van der Waals surface area (Å²) in [5, 5.41) is 4.73. The summed E-state index contributed by atoms with van der Waals surface area (Å²) >= 11 is 0. The molecule has 0 unspecified atom stereocenters. The molecule has 0 aliphatic rings. The minimum absolute atomic E-state index is 0.228. The first kappa shape index (κ1) is 28.2. The molecule has 0 aliphatic heterocycles. The van der Waals surface area contributed by atoms with Gasteiger partial charge in [-0.2, -0.15) is 5.10 Å². The molecule has 28 heavy (non-hydrogen) atoms. The van der Waals surface area contributed by atoms with Gasteiger partial charge in [0, 0.05) is 20.6 Å². The SMILES string of the molecule is C/C(=N\N(C(C)(C)C)[Si](F)(F)C([Si](C)(C)C)([Si](C)(C)C)[Si](C)(C)C)C(C)(C)C. The Balaban J connectivity index is 7.36. The summed E-state index contributed by atoms with van der Waals surface area (Å²) in [6.45, 7) is 33.4. The average Bonchev–Trinajstić information content (AvgIpc) is 2.26. The first-order chi connectivity index (χ1) is 11.8. The minimum atomic E-state index is -4.96. The van der Waals surface area contributed by atoms with E-state index in [-0.39, 0.29) is 5.41 Å². The maximum atomic E-state index is 17.2. The van der Waals surface area contributed by atoms with E-state index in [0.717, 1.165) is 5.71 Å². The quantitative estimate of drug-likeness (QED) is 0.169. The van der Waals surface area contributed by atoms with Gasteiger partial charge in [0.05, 0.1) is 24.2 Å². The largest absolute Gasteiger partial charge is 0.551 e. The highest BCUT2D eigenvalue weighted by atomic mass is 28.5. The molecule has 0 aromatic carbocycles. The summed E-state index contributed by atoms with van der Waals surface area (Å²) in [6.07, 6.45) is 0. The monoisotopic (exact) mass is 466 g/mol. The van der Waals surface area contributed by atoms with Gasteiger partial charge in [0.15, 0.2) is 0 Å². The number of hydrogen-bond acceptors (Lipinski definition) is 2. The summed E-state index contributed by atoms with van der Waals surface area (Å²) in [4.78, 5) is 0. The van der Waals surface area contributed by atoms with Gasteiger partial charge < -0.3 is 0 Å². The second-order valence-electron chi connectivity index (χ2n) is 13.5. The van der Waals surface area contributed by atoms with Crippen LogP contribution in [0.5, 0.6) is 0 Å². The van der Waals surface area contributed by atoms with Crippen LogP contribution in [-0.4, -0.2) is 49.0 Å². The predicted molar refractivity (Wildman–Crippen MR) is 135 cm³/mol. The van der Waals surface area contributed by atoms with Gasteiger partial charge in [-0.3, -0.25) is 4.67 Å². The smallest absolute Gasteiger partial charge is 0.264 e. The zero-order valence-electron chi connectivity index (χ0n) is 21.7. The molecule has 0 atom stereocenters. The zero-order chi connectivity index (χ0) is 23.4. The molecule has 0 aliphatic carbocycles. The van der Waals surface area contributed by atoms with Crippen molar-refractivity contribution in [2.24, 2.45) is 10.5 Å². The number of hydrogen-bond donors (Lipinski definition) is 0. The first-order valence-electron chi connectivity index (χ1n) is 10.5. The van der Waals surface area contributed by atoms with Crippen LogP contribution >= 0.6 is 0 Å². The molecule has 0 spiro atoms.